The van der Waals surface area contributed by atoms with Crippen LogP contribution in [0.15, 0.2) is 48.5 Å². The van der Waals surface area contributed by atoms with Gasteiger partial charge in [0.05, 0.1) is 0 Å². The van der Waals surface area contributed by atoms with Crippen molar-refractivity contribution in [3.8, 4) is 5.75 Å². The van der Waals surface area contributed by atoms with Gasteiger partial charge in [0.25, 0.3) is 0 Å². The third-order valence-corrected chi connectivity index (χ3v) is 4.66. The molecule has 1 heterocycles. The maximum atomic E-state index is 12.2. The van der Waals surface area contributed by atoms with Gasteiger partial charge in [0.1, 0.15) is 5.75 Å². The normalized spacial score (nSPS) is 17.3. The Hall–Kier alpha value is -2.29. The minimum absolute atomic E-state index is 0.294. The molecule has 0 aliphatic carbocycles. The largest absolute Gasteiger partial charge is 0.573 e. The Balaban J connectivity index is 1.45. The molecule has 0 radical (unpaired) electrons. The lowest BCUT2D eigenvalue weighted by molar-refractivity contribution is -0.274. The fourth-order valence-corrected chi connectivity index (χ4v) is 3.11. The summed E-state index contributed by atoms with van der Waals surface area (Å²) >= 11 is 0. The Morgan fingerprint density at radius 2 is 1.61 bits per heavy atom. The number of nitrogens with zero attached hydrogens (tertiary/aromatic N) is 2. The number of piperazine rings is 1. The highest BCUT2D eigenvalue weighted by molar-refractivity contribution is 5.46. The van der Waals surface area contributed by atoms with Crippen LogP contribution in [0.5, 0.6) is 5.75 Å². The van der Waals surface area contributed by atoms with Crippen molar-refractivity contribution in [1.82, 2.24) is 9.80 Å². The summed E-state index contributed by atoms with van der Waals surface area (Å²) in [7, 11) is 0. The van der Waals surface area contributed by atoms with Crippen molar-refractivity contribution < 1.29 is 23.0 Å². The van der Waals surface area contributed by atoms with Gasteiger partial charge in [0.15, 0.2) is 6.35 Å². The maximum Gasteiger partial charge on any atom is 0.573 e. The summed E-state index contributed by atoms with van der Waals surface area (Å²) in [5, 5.41) is 13.3. The fraction of sp³-hybridized carbons (Fsp3) is 0.400. The lowest BCUT2D eigenvalue weighted by Crippen LogP contribution is -2.52. The summed E-state index contributed by atoms with van der Waals surface area (Å²) in [6.07, 6.45) is -5.62. The number of halogens is 3. The van der Waals surface area contributed by atoms with Crippen molar-refractivity contribution in [3.63, 3.8) is 0 Å². The predicted molar refractivity (Wildman–Crippen MR) is 101 cm³/mol. The van der Waals surface area contributed by atoms with Gasteiger partial charge >= 0.3 is 6.36 Å². The number of benzene rings is 2. The highest BCUT2D eigenvalue weighted by Crippen LogP contribution is 2.24. The maximum absolute atomic E-state index is 12.2. The zero-order chi connectivity index (χ0) is 20.1. The summed E-state index contributed by atoms with van der Waals surface area (Å²) < 4.78 is 40.4. The minimum Gasteiger partial charge on any atom is -0.406 e. The second-order valence-electron chi connectivity index (χ2n) is 6.89. The van der Waals surface area contributed by atoms with Gasteiger partial charge in [-0.25, -0.2) is 0 Å². The molecule has 0 spiro atoms. The molecule has 1 unspecified atom stereocenters. The second kappa shape index (κ2) is 8.81. The van der Waals surface area contributed by atoms with E-state index in [1.807, 2.05) is 4.90 Å². The molecule has 1 aliphatic rings. The average molecular weight is 395 g/mol. The van der Waals surface area contributed by atoms with Crippen molar-refractivity contribution in [3.05, 3.63) is 59.7 Å². The van der Waals surface area contributed by atoms with E-state index in [-0.39, 0.29) is 5.75 Å². The minimum atomic E-state index is -4.72. The van der Waals surface area contributed by atoms with Gasteiger partial charge in [-0.15, -0.1) is 13.2 Å². The van der Waals surface area contributed by atoms with Gasteiger partial charge in [-0.1, -0.05) is 29.8 Å². The Kier molecular flexibility index (Phi) is 6.43. The van der Waals surface area contributed by atoms with Gasteiger partial charge < -0.3 is 15.2 Å². The SMILES string of the molecule is Cc1ccc(CN2CCN(C(O)Nc3ccc(OC(F)(F)F)cc3)CC2)cc1. The zero-order valence-corrected chi connectivity index (χ0v) is 15.6. The molecule has 1 atom stereocenters. The molecule has 1 saturated heterocycles. The van der Waals surface area contributed by atoms with Crippen LogP contribution in [0.2, 0.25) is 0 Å². The number of anilines is 1. The molecule has 1 aliphatic heterocycles. The van der Waals surface area contributed by atoms with Crippen LogP contribution >= 0.6 is 0 Å². The lowest BCUT2D eigenvalue weighted by atomic mass is 10.1. The Labute approximate surface area is 162 Å². The lowest BCUT2D eigenvalue weighted by Gasteiger charge is -2.37. The molecule has 0 bridgehead atoms. The van der Waals surface area contributed by atoms with Crippen LogP contribution in [0.1, 0.15) is 11.1 Å². The second-order valence-corrected chi connectivity index (χ2v) is 6.89. The molecule has 5 nitrogen and oxygen atoms in total. The van der Waals surface area contributed by atoms with E-state index in [9.17, 15) is 18.3 Å². The van der Waals surface area contributed by atoms with E-state index >= 15 is 0 Å². The smallest absolute Gasteiger partial charge is 0.406 e. The molecule has 0 saturated carbocycles. The zero-order valence-electron chi connectivity index (χ0n) is 15.6. The molecule has 1 fully saturated rings. The van der Waals surface area contributed by atoms with Crippen LogP contribution in [-0.2, 0) is 6.54 Å². The van der Waals surface area contributed by atoms with E-state index in [4.69, 9.17) is 0 Å². The quantitative estimate of drug-likeness (QED) is 0.735. The van der Waals surface area contributed by atoms with Crippen LogP contribution in [0.4, 0.5) is 18.9 Å². The van der Waals surface area contributed by atoms with E-state index in [2.05, 4.69) is 46.1 Å². The van der Waals surface area contributed by atoms with Crippen LogP contribution in [0, 0.1) is 6.92 Å². The molecule has 2 aromatic carbocycles. The number of rotatable bonds is 6. The number of aliphatic hydroxyl groups excluding tert-OH is 1. The first-order valence-corrected chi connectivity index (χ1v) is 9.11. The van der Waals surface area contributed by atoms with Crippen LogP contribution in [0.25, 0.3) is 0 Å². The molecule has 0 aromatic heterocycles. The summed E-state index contributed by atoms with van der Waals surface area (Å²) in [5.74, 6) is -0.294. The van der Waals surface area contributed by atoms with E-state index in [1.165, 1.54) is 35.4 Å². The van der Waals surface area contributed by atoms with Crippen molar-refractivity contribution in [1.29, 1.82) is 0 Å². The number of nitrogens with one attached hydrogen (secondary N) is 1. The Bertz CT molecular complexity index is 743. The Morgan fingerprint density at radius 3 is 2.18 bits per heavy atom. The summed E-state index contributed by atoms with van der Waals surface area (Å²) in [4.78, 5) is 4.23. The van der Waals surface area contributed by atoms with E-state index in [0.29, 0.717) is 18.8 Å². The molecule has 0 amide bonds. The van der Waals surface area contributed by atoms with Gasteiger partial charge in [-0.2, -0.15) is 0 Å². The number of alkyl halides is 3. The molecule has 2 aromatic rings. The molecule has 8 heteroatoms. The third-order valence-electron chi connectivity index (χ3n) is 4.66. The summed E-state index contributed by atoms with van der Waals surface area (Å²) in [6.45, 7) is 5.96. The van der Waals surface area contributed by atoms with Crippen LogP contribution in [-0.4, -0.2) is 53.8 Å². The number of hydrogen-bond acceptors (Lipinski definition) is 5. The summed E-state index contributed by atoms with van der Waals surface area (Å²) in [6, 6.07) is 13.8. The number of ether oxygens (including phenoxy) is 1. The molecular formula is C20H24F3N3O2. The molecule has 3 rings (SSSR count). The van der Waals surface area contributed by atoms with Crippen molar-refractivity contribution >= 4 is 5.69 Å². The van der Waals surface area contributed by atoms with E-state index < -0.39 is 12.7 Å². The first-order valence-electron chi connectivity index (χ1n) is 9.11. The topological polar surface area (TPSA) is 48.0 Å². The highest BCUT2D eigenvalue weighted by Gasteiger charge is 2.31. The average Bonchev–Trinajstić information content (AvgIpc) is 2.65. The van der Waals surface area contributed by atoms with Gasteiger partial charge in [-0.3, -0.25) is 9.80 Å². The van der Waals surface area contributed by atoms with Crippen LogP contribution in [0.3, 0.4) is 0 Å². The standard InChI is InChI=1S/C20H24F3N3O2/c1-15-2-4-16(5-3-15)14-25-10-12-26(13-11-25)19(27)24-17-6-8-18(9-7-17)28-20(21,22)23/h2-9,19,24,27H,10-14H2,1H3. The fourth-order valence-electron chi connectivity index (χ4n) is 3.11. The number of aryl methyl sites for hydroxylation is 1. The van der Waals surface area contributed by atoms with Gasteiger partial charge in [0.2, 0.25) is 0 Å². The monoisotopic (exact) mass is 395 g/mol. The molecule has 2 N–H and O–H groups in total. The van der Waals surface area contributed by atoms with E-state index in [1.54, 1.807) is 0 Å². The molecular weight excluding hydrogens is 371 g/mol. The number of hydrogen-bond donors (Lipinski definition) is 2. The van der Waals surface area contributed by atoms with Crippen LogP contribution < -0.4 is 10.1 Å². The highest BCUT2D eigenvalue weighted by atomic mass is 19.4. The van der Waals surface area contributed by atoms with E-state index in [0.717, 1.165) is 19.6 Å². The molecule has 152 valence electrons. The van der Waals surface area contributed by atoms with Crippen molar-refractivity contribution in [2.75, 3.05) is 31.5 Å². The van der Waals surface area contributed by atoms with Crippen molar-refractivity contribution in [2.24, 2.45) is 0 Å². The first-order chi connectivity index (χ1) is 13.3. The van der Waals surface area contributed by atoms with Gasteiger partial charge in [-0.05, 0) is 36.8 Å². The number of aliphatic hydroxyl groups is 1. The molecule has 28 heavy (non-hydrogen) atoms. The summed E-state index contributed by atoms with van der Waals surface area (Å²) in [5.41, 5.74) is 3.02. The van der Waals surface area contributed by atoms with Crippen molar-refractivity contribution in [2.45, 2.75) is 26.2 Å². The first kappa shape index (κ1) is 20.4. The third kappa shape index (κ3) is 6.12. The van der Waals surface area contributed by atoms with Gasteiger partial charge in [0, 0.05) is 38.4 Å². The Morgan fingerprint density at radius 1 is 1.00 bits per heavy atom. The predicted octanol–water partition coefficient (Wildman–Crippen LogP) is 3.40.